The summed E-state index contributed by atoms with van der Waals surface area (Å²) in [5, 5.41) is 6.42. The summed E-state index contributed by atoms with van der Waals surface area (Å²) in [5.41, 5.74) is 9.94. The number of nitrogens with zero attached hydrogens (tertiary/aromatic N) is 4. The normalized spacial score (nSPS) is 12.3. The molecule has 0 bridgehead atoms. The summed E-state index contributed by atoms with van der Waals surface area (Å²) in [7, 11) is -0.973. The van der Waals surface area contributed by atoms with E-state index in [1.165, 1.54) is 0 Å². The third-order valence-corrected chi connectivity index (χ3v) is 11.0. The molecule has 3 N–H and O–H groups in total. The minimum absolute atomic E-state index is 0.282. The monoisotopic (exact) mass is 730 g/mol. The minimum atomic E-state index is -0.409. The molecule has 3 unspecified atom stereocenters. The van der Waals surface area contributed by atoms with Crippen molar-refractivity contribution in [1.29, 1.82) is 0 Å². The molecule has 52 heavy (non-hydrogen) atoms. The molecular weight excluding hydrogens is 701 g/mol. The van der Waals surface area contributed by atoms with Gasteiger partial charge in [-0.25, -0.2) is 19.9 Å². The fourth-order valence-corrected chi connectivity index (χ4v) is 7.88. The maximum absolute atomic E-state index is 10.4. The van der Waals surface area contributed by atoms with E-state index >= 15 is 0 Å². The van der Waals surface area contributed by atoms with Crippen LogP contribution in [0.4, 0.5) is 0 Å². The van der Waals surface area contributed by atoms with E-state index in [0.29, 0.717) is 0 Å². The predicted octanol–water partition coefficient (Wildman–Crippen LogP) is 8.18. The number of hydrogen-bond donors (Lipinski definition) is 3. The SMILES string of the molecule is OPc1cccc(-c2ccc3ccc4ccc(-c5cc(PO)cc(-c6ccc7ccc8ccc(-c9cccc(PO)c9)nc8c7n6)c5)nc4c3n2)c1. The molecule has 0 fully saturated rings. The lowest BCUT2D eigenvalue weighted by Gasteiger charge is -2.12. The average Bonchev–Trinajstić information content (AvgIpc) is 3.22. The topological polar surface area (TPSA) is 112 Å². The molecule has 10 heteroatoms. The number of rotatable bonds is 7. The average molecular weight is 731 g/mol. The number of benzene rings is 5. The van der Waals surface area contributed by atoms with Crippen molar-refractivity contribution in [3.8, 4) is 45.0 Å². The lowest BCUT2D eigenvalue weighted by Crippen LogP contribution is -1.99. The summed E-state index contributed by atoms with van der Waals surface area (Å²) in [5.74, 6) is 0. The van der Waals surface area contributed by atoms with E-state index in [2.05, 4.69) is 54.6 Å². The van der Waals surface area contributed by atoms with Crippen LogP contribution >= 0.6 is 26.4 Å². The van der Waals surface area contributed by atoms with Crippen LogP contribution < -0.4 is 15.9 Å². The van der Waals surface area contributed by atoms with Gasteiger partial charge in [0, 0.05) is 75.5 Å². The van der Waals surface area contributed by atoms with E-state index in [1.807, 2.05) is 84.9 Å². The van der Waals surface area contributed by atoms with Crippen molar-refractivity contribution in [2.24, 2.45) is 0 Å². The van der Waals surface area contributed by atoms with Crippen LogP contribution in [0.2, 0.25) is 0 Å². The number of aromatic nitrogens is 4. The zero-order chi connectivity index (χ0) is 35.2. The van der Waals surface area contributed by atoms with Crippen molar-refractivity contribution in [3.05, 3.63) is 140 Å². The van der Waals surface area contributed by atoms with Gasteiger partial charge in [-0.1, -0.05) is 84.9 Å². The van der Waals surface area contributed by atoms with Gasteiger partial charge in [0.05, 0.1) is 44.8 Å². The van der Waals surface area contributed by atoms with E-state index in [9.17, 15) is 14.7 Å². The molecule has 9 rings (SSSR count). The van der Waals surface area contributed by atoms with Crippen LogP contribution in [0, 0.1) is 0 Å². The second kappa shape index (κ2) is 13.8. The summed E-state index contributed by atoms with van der Waals surface area (Å²) in [4.78, 5) is 50.3. The van der Waals surface area contributed by atoms with Crippen molar-refractivity contribution in [1.82, 2.24) is 19.9 Å². The van der Waals surface area contributed by atoms with Crippen LogP contribution in [0.3, 0.4) is 0 Å². The van der Waals surface area contributed by atoms with E-state index in [0.717, 1.165) is 105 Å². The molecule has 0 aliphatic rings. The zero-order valence-corrected chi connectivity index (χ0v) is 30.4. The number of pyridine rings is 4. The third-order valence-electron chi connectivity index (χ3n) is 9.27. The molecule has 3 atom stereocenters. The van der Waals surface area contributed by atoms with Crippen LogP contribution in [-0.2, 0) is 0 Å². The van der Waals surface area contributed by atoms with Crippen molar-refractivity contribution >= 4 is 85.9 Å². The molecular formula is C42H29N4O3P3. The molecule has 4 heterocycles. The van der Waals surface area contributed by atoms with Crippen molar-refractivity contribution < 1.29 is 14.7 Å². The Morgan fingerprint density at radius 1 is 0.308 bits per heavy atom. The number of hydrogen-bond acceptors (Lipinski definition) is 7. The third kappa shape index (κ3) is 6.12. The Morgan fingerprint density at radius 2 is 0.615 bits per heavy atom. The van der Waals surface area contributed by atoms with Crippen molar-refractivity contribution in [2.45, 2.75) is 0 Å². The largest absolute Gasteiger partial charge is 0.372 e. The summed E-state index contributed by atoms with van der Waals surface area (Å²) in [6, 6.07) is 46.2. The summed E-state index contributed by atoms with van der Waals surface area (Å²) >= 11 is 0. The van der Waals surface area contributed by atoms with Crippen LogP contribution in [0.1, 0.15) is 0 Å². The Kier molecular flexibility index (Phi) is 8.70. The minimum Gasteiger partial charge on any atom is -0.372 e. The summed E-state index contributed by atoms with van der Waals surface area (Å²) in [6.45, 7) is 0. The van der Waals surface area contributed by atoms with Gasteiger partial charge < -0.3 is 14.7 Å². The molecule has 9 aromatic rings. The van der Waals surface area contributed by atoms with Crippen LogP contribution in [-0.4, -0.2) is 34.6 Å². The molecule has 0 radical (unpaired) electrons. The van der Waals surface area contributed by atoms with Gasteiger partial charge in [0.2, 0.25) is 0 Å². The van der Waals surface area contributed by atoms with Gasteiger partial charge in [-0.2, -0.15) is 0 Å². The molecule has 5 aromatic carbocycles. The molecule has 0 aliphatic heterocycles. The van der Waals surface area contributed by atoms with Gasteiger partial charge >= 0.3 is 0 Å². The lowest BCUT2D eigenvalue weighted by molar-refractivity contribution is 0.654. The maximum Gasteiger partial charge on any atom is 0.0972 e. The Hall–Kier alpha value is -5.09. The highest BCUT2D eigenvalue weighted by molar-refractivity contribution is 7.41. The lowest BCUT2D eigenvalue weighted by atomic mass is 10.0. The van der Waals surface area contributed by atoms with Gasteiger partial charge in [0.25, 0.3) is 0 Å². The van der Waals surface area contributed by atoms with Crippen LogP contribution in [0.5, 0.6) is 0 Å². The molecule has 0 aliphatic carbocycles. The summed E-state index contributed by atoms with van der Waals surface area (Å²) in [6.07, 6.45) is 0. The highest BCUT2D eigenvalue weighted by atomic mass is 31.1. The molecule has 7 nitrogen and oxygen atoms in total. The fraction of sp³-hybridized carbons (Fsp3) is 0. The fourth-order valence-electron chi connectivity index (χ4n) is 6.66. The van der Waals surface area contributed by atoms with Crippen LogP contribution in [0.15, 0.2) is 140 Å². The maximum atomic E-state index is 10.4. The first-order chi connectivity index (χ1) is 25.6. The zero-order valence-electron chi connectivity index (χ0n) is 27.4. The van der Waals surface area contributed by atoms with E-state index in [4.69, 9.17) is 19.9 Å². The van der Waals surface area contributed by atoms with Gasteiger partial charge in [-0.3, -0.25) is 0 Å². The quantitative estimate of drug-likeness (QED) is 0.112. The molecule has 4 aromatic heterocycles. The first kappa shape index (κ1) is 32.8. The second-order valence-corrected chi connectivity index (χ2v) is 14.9. The first-order valence-electron chi connectivity index (χ1n) is 16.5. The van der Waals surface area contributed by atoms with Crippen LogP contribution in [0.25, 0.3) is 88.6 Å². The van der Waals surface area contributed by atoms with E-state index in [1.54, 1.807) is 0 Å². The summed E-state index contributed by atoms with van der Waals surface area (Å²) < 4.78 is 0. The van der Waals surface area contributed by atoms with Gasteiger partial charge in [-0.05, 0) is 65.2 Å². The molecule has 250 valence electrons. The van der Waals surface area contributed by atoms with E-state index in [-0.39, 0.29) is 17.6 Å². The smallest absolute Gasteiger partial charge is 0.0972 e. The van der Waals surface area contributed by atoms with Gasteiger partial charge in [0.1, 0.15) is 0 Å². The molecule has 0 amide bonds. The molecule has 0 spiro atoms. The molecule has 0 saturated carbocycles. The molecule has 0 saturated heterocycles. The van der Waals surface area contributed by atoms with Crippen molar-refractivity contribution in [2.75, 3.05) is 0 Å². The second-order valence-electron chi connectivity index (χ2n) is 12.5. The highest BCUT2D eigenvalue weighted by Crippen LogP contribution is 2.33. The predicted molar refractivity (Wildman–Crippen MR) is 220 cm³/mol. The van der Waals surface area contributed by atoms with Gasteiger partial charge in [0.15, 0.2) is 0 Å². The standard InChI is InChI=1S/C42H29N4O3P3/c47-50-32-5-1-3-28(20-32)35-15-11-24-7-9-26-13-17-37(45-41(26)39(24)43-35)30-19-31(23-34(22-30)52-49)38-18-14-27-10-8-25-12-16-36(44-40(25)42(27)46-38)29-4-2-6-33(21-29)51-48/h1-23,47-52H. The van der Waals surface area contributed by atoms with E-state index < -0.39 is 8.81 Å². The van der Waals surface area contributed by atoms with Gasteiger partial charge in [-0.15, -0.1) is 0 Å². The van der Waals surface area contributed by atoms with Crippen molar-refractivity contribution in [3.63, 3.8) is 0 Å². The Morgan fingerprint density at radius 3 is 0.962 bits per heavy atom. The Bertz CT molecular complexity index is 2660. The first-order valence-corrected chi connectivity index (χ1v) is 19.4. The number of fused-ring (bicyclic) bond motifs is 6. The Labute approximate surface area is 304 Å². The highest BCUT2D eigenvalue weighted by Gasteiger charge is 2.14. The Balaban J connectivity index is 1.16.